The third-order valence-corrected chi connectivity index (χ3v) is 7.29. The third-order valence-electron chi connectivity index (χ3n) is 4.81. The molecule has 0 radical (unpaired) electrons. The van der Waals surface area contributed by atoms with Gasteiger partial charge in [-0.05, 0) is 23.8 Å². The van der Waals surface area contributed by atoms with Gasteiger partial charge in [0.1, 0.15) is 15.9 Å². The summed E-state index contributed by atoms with van der Waals surface area (Å²) >= 11 is 1.04. The molecule has 1 N–H and O–H groups in total. The third kappa shape index (κ3) is 3.93. The van der Waals surface area contributed by atoms with E-state index >= 15 is 0 Å². The average Bonchev–Trinajstić information content (AvgIpc) is 3.18. The van der Waals surface area contributed by atoms with Crippen LogP contribution in [0.3, 0.4) is 0 Å². The van der Waals surface area contributed by atoms with Crippen molar-refractivity contribution in [1.82, 2.24) is 13.1 Å². The molecule has 1 saturated heterocycles. The average molecular weight is 402 g/mol. The molecule has 0 bridgehead atoms. The Labute approximate surface area is 163 Å². The Hall–Kier alpha value is -2.13. The topological polar surface area (TPSA) is 67.6 Å². The van der Waals surface area contributed by atoms with E-state index in [1.165, 1.54) is 10.5 Å². The van der Waals surface area contributed by atoms with Crippen LogP contribution in [0.15, 0.2) is 59.5 Å². The molecule has 140 valence electrons. The number of hydrogen-bond acceptors (Lipinski definition) is 5. The Kier molecular flexibility index (Phi) is 5.31. The maximum absolute atomic E-state index is 13.0. The van der Waals surface area contributed by atoms with Crippen molar-refractivity contribution in [3.63, 3.8) is 0 Å². The van der Waals surface area contributed by atoms with Gasteiger partial charge in [-0.1, -0.05) is 42.5 Å². The van der Waals surface area contributed by atoms with Crippen LogP contribution in [-0.2, 0) is 10.0 Å². The van der Waals surface area contributed by atoms with Gasteiger partial charge in [0.25, 0.3) is 0 Å². The predicted molar refractivity (Wildman–Crippen MR) is 107 cm³/mol. The van der Waals surface area contributed by atoms with Gasteiger partial charge in [0.15, 0.2) is 0 Å². The van der Waals surface area contributed by atoms with E-state index in [9.17, 15) is 8.42 Å². The zero-order valence-corrected chi connectivity index (χ0v) is 16.4. The Bertz CT molecular complexity index is 1040. The smallest absolute Gasteiger partial charge is 0.245 e. The second kappa shape index (κ2) is 7.85. The minimum Gasteiger partial charge on any atom is -0.329 e. The van der Waals surface area contributed by atoms with Crippen molar-refractivity contribution >= 4 is 38.9 Å². The molecular formula is C19H21N4O2S2+. The van der Waals surface area contributed by atoms with Crippen LogP contribution in [0, 0.1) is 0 Å². The number of fused-ring (bicyclic) bond motifs is 1. The first-order valence-corrected chi connectivity index (χ1v) is 11.1. The highest BCUT2D eigenvalue weighted by Gasteiger charge is 2.31. The number of aromatic nitrogens is 2. The summed E-state index contributed by atoms with van der Waals surface area (Å²) in [6.07, 6.45) is 4.28. The van der Waals surface area contributed by atoms with E-state index in [-0.39, 0.29) is 4.90 Å². The second-order valence-corrected chi connectivity index (χ2v) is 8.99. The van der Waals surface area contributed by atoms with Crippen molar-refractivity contribution in [2.75, 3.05) is 32.7 Å². The van der Waals surface area contributed by atoms with E-state index in [4.69, 9.17) is 0 Å². The Morgan fingerprint density at radius 3 is 2.59 bits per heavy atom. The number of benzene rings is 2. The summed E-state index contributed by atoms with van der Waals surface area (Å²) < 4.78 is 36.0. The van der Waals surface area contributed by atoms with E-state index in [1.54, 1.807) is 22.5 Å². The van der Waals surface area contributed by atoms with Crippen molar-refractivity contribution in [2.24, 2.45) is 0 Å². The number of rotatable bonds is 5. The molecule has 6 nitrogen and oxygen atoms in total. The molecule has 2 aromatic carbocycles. The van der Waals surface area contributed by atoms with Crippen molar-refractivity contribution in [2.45, 2.75) is 4.90 Å². The fourth-order valence-electron chi connectivity index (χ4n) is 3.30. The summed E-state index contributed by atoms with van der Waals surface area (Å²) in [7, 11) is -3.54. The van der Waals surface area contributed by atoms with Gasteiger partial charge < -0.3 is 4.90 Å². The number of hydrogen-bond donors (Lipinski definition) is 1. The quantitative estimate of drug-likeness (QED) is 0.700. The molecule has 0 atom stereocenters. The minimum absolute atomic E-state index is 0.265. The first-order valence-electron chi connectivity index (χ1n) is 8.91. The normalized spacial score (nSPS) is 17.0. The van der Waals surface area contributed by atoms with Gasteiger partial charge in [-0.3, -0.25) is 0 Å². The summed E-state index contributed by atoms with van der Waals surface area (Å²) in [5.41, 5.74) is 2.29. The van der Waals surface area contributed by atoms with Gasteiger partial charge in [0.05, 0.1) is 44.5 Å². The zero-order chi connectivity index (χ0) is 18.7. The molecule has 3 aromatic rings. The molecule has 0 spiro atoms. The number of nitrogens with zero attached hydrogens (tertiary/aromatic N) is 3. The molecule has 2 heterocycles. The number of quaternary nitrogens is 1. The van der Waals surface area contributed by atoms with Crippen LogP contribution in [0.1, 0.15) is 5.56 Å². The van der Waals surface area contributed by atoms with Crippen LogP contribution in [0.25, 0.3) is 17.1 Å². The van der Waals surface area contributed by atoms with E-state index in [0.717, 1.165) is 31.4 Å². The second-order valence-electron chi connectivity index (χ2n) is 6.56. The van der Waals surface area contributed by atoms with Gasteiger partial charge in [0, 0.05) is 0 Å². The van der Waals surface area contributed by atoms with Crippen LogP contribution in [0.5, 0.6) is 0 Å². The fourth-order valence-corrected chi connectivity index (χ4v) is 5.50. The molecule has 0 saturated carbocycles. The van der Waals surface area contributed by atoms with Crippen molar-refractivity contribution in [3.05, 3.63) is 60.2 Å². The molecule has 0 unspecified atom stereocenters. The lowest BCUT2D eigenvalue weighted by Gasteiger charge is -2.31. The molecule has 1 fully saturated rings. The summed E-state index contributed by atoms with van der Waals surface area (Å²) in [6, 6.07) is 15.3. The van der Waals surface area contributed by atoms with Gasteiger partial charge in [-0.15, -0.1) is 0 Å². The lowest BCUT2D eigenvalue weighted by Crippen LogP contribution is -3.14. The lowest BCUT2D eigenvalue weighted by atomic mass is 10.2. The highest BCUT2D eigenvalue weighted by Crippen LogP contribution is 2.24. The van der Waals surface area contributed by atoms with Gasteiger partial charge >= 0.3 is 0 Å². The number of nitrogens with one attached hydrogen (secondary N) is 1. The van der Waals surface area contributed by atoms with E-state index in [2.05, 4.69) is 33.0 Å². The predicted octanol–water partition coefficient (Wildman–Crippen LogP) is 1.29. The Morgan fingerprint density at radius 2 is 1.81 bits per heavy atom. The van der Waals surface area contributed by atoms with Crippen LogP contribution in [0.2, 0.25) is 0 Å². The van der Waals surface area contributed by atoms with Crippen LogP contribution in [0.4, 0.5) is 0 Å². The molecule has 27 heavy (non-hydrogen) atoms. The maximum Gasteiger partial charge on any atom is 0.245 e. The van der Waals surface area contributed by atoms with Gasteiger partial charge in [-0.2, -0.15) is 13.1 Å². The standard InChI is InChI=1S/C19H20N4O2S2/c24-27(25,18-10-4-9-17-19(18)21-26-20-17)23-14-12-22(13-15-23)11-5-8-16-6-2-1-3-7-16/h1-10H,11-15H2/p+1. The van der Waals surface area contributed by atoms with E-state index < -0.39 is 10.0 Å². The monoisotopic (exact) mass is 401 g/mol. The van der Waals surface area contributed by atoms with Gasteiger partial charge in [0.2, 0.25) is 10.0 Å². The largest absolute Gasteiger partial charge is 0.329 e. The number of sulfonamides is 1. The zero-order valence-electron chi connectivity index (χ0n) is 14.8. The van der Waals surface area contributed by atoms with Crippen LogP contribution in [-0.4, -0.2) is 54.2 Å². The number of piperazine rings is 1. The van der Waals surface area contributed by atoms with E-state index in [1.807, 2.05) is 18.2 Å². The minimum atomic E-state index is -3.54. The Balaban J connectivity index is 1.40. The molecule has 8 heteroatoms. The highest BCUT2D eigenvalue weighted by atomic mass is 32.2. The maximum atomic E-state index is 13.0. The summed E-state index contributed by atoms with van der Waals surface area (Å²) in [6.45, 7) is 3.53. The van der Waals surface area contributed by atoms with Crippen LogP contribution >= 0.6 is 11.7 Å². The van der Waals surface area contributed by atoms with Crippen molar-refractivity contribution < 1.29 is 13.3 Å². The first kappa shape index (κ1) is 18.2. The van der Waals surface area contributed by atoms with E-state index in [0.29, 0.717) is 24.1 Å². The molecule has 0 amide bonds. The van der Waals surface area contributed by atoms with Crippen molar-refractivity contribution in [1.29, 1.82) is 0 Å². The molecule has 1 aliphatic heterocycles. The van der Waals surface area contributed by atoms with Gasteiger partial charge in [-0.25, -0.2) is 8.42 Å². The summed E-state index contributed by atoms with van der Waals surface area (Å²) in [5, 5.41) is 0. The fraction of sp³-hybridized carbons (Fsp3) is 0.263. The molecule has 1 aliphatic rings. The first-order chi connectivity index (χ1) is 13.1. The molecule has 1 aromatic heterocycles. The van der Waals surface area contributed by atoms with Crippen LogP contribution < -0.4 is 4.90 Å². The SMILES string of the molecule is O=S(=O)(c1cccc2nsnc12)N1CC[NH+](CC=Cc2ccccc2)CC1. The molecule has 4 rings (SSSR count). The summed E-state index contributed by atoms with van der Waals surface area (Å²) in [5.74, 6) is 0. The molecular weight excluding hydrogens is 380 g/mol. The Morgan fingerprint density at radius 1 is 1.04 bits per heavy atom. The highest BCUT2D eigenvalue weighted by molar-refractivity contribution is 7.89. The lowest BCUT2D eigenvalue weighted by molar-refractivity contribution is -0.897. The summed E-state index contributed by atoms with van der Waals surface area (Å²) in [4.78, 5) is 1.66. The van der Waals surface area contributed by atoms with Crippen molar-refractivity contribution in [3.8, 4) is 0 Å². The molecule has 0 aliphatic carbocycles.